The van der Waals surface area contributed by atoms with Crippen molar-refractivity contribution in [1.82, 2.24) is 0 Å². The summed E-state index contributed by atoms with van der Waals surface area (Å²) in [7, 11) is 0. The van der Waals surface area contributed by atoms with Crippen molar-refractivity contribution in [1.29, 1.82) is 0 Å². The largest absolute Gasteiger partial charge is 0.390 e. The van der Waals surface area contributed by atoms with Crippen LogP contribution in [-0.4, -0.2) is 22.9 Å². The monoisotopic (exact) mass is 170 g/mol. The highest BCUT2D eigenvalue weighted by Crippen LogP contribution is 2.42. The Balaban J connectivity index is 2.13. The van der Waals surface area contributed by atoms with E-state index in [2.05, 4.69) is 0 Å². The normalized spacial score (nSPS) is 45.8. The molecule has 3 unspecified atom stereocenters. The maximum Gasteiger partial charge on any atom is 0.0891 e. The van der Waals surface area contributed by atoms with E-state index in [1.807, 2.05) is 13.8 Å². The molecule has 3 atom stereocenters. The number of rotatable bonds is 0. The molecule has 0 radical (unpaired) electrons. The Morgan fingerprint density at radius 2 is 1.92 bits per heavy atom. The quantitative estimate of drug-likeness (QED) is 0.599. The van der Waals surface area contributed by atoms with Gasteiger partial charge in [0.15, 0.2) is 0 Å². The first-order chi connectivity index (χ1) is 5.61. The van der Waals surface area contributed by atoms with E-state index in [0.717, 1.165) is 12.8 Å². The summed E-state index contributed by atoms with van der Waals surface area (Å²) in [4.78, 5) is 0. The molecular weight excluding hydrogens is 152 g/mol. The summed E-state index contributed by atoms with van der Waals surface area (Å²) in [6, 6.07) is 0. The van der Waals surface area contributed by atoms with Crippen molar-refractivity contribution in [2.45, 2.75) is 57.3 Å². The van der Waals surface area contributed by atoms with Gasteiger partial charge in [-0.15, -0.1) is 0 Å². The van der Waals surface area contributed by atoms with Crippen molar-refractivity contribution < 1.29 is 9.84 Å². The van der Waals surface area contributed by atoms with Gasteiger partial charge in [0.05, 0.1) is 17.8 Å². The van der Waals surface area contributed by atoms with Crippen LogP contribution in [0.1, 0.15) is 39.5 Å². The molecule has 1 saturated carbocycles. The number of hydrogen-bond acceptors (Lipinski definition) is 2. The van der Waals surface area contributed by atoms with Crippen LogP contribution in [0.25, 0.3) is 0 Å². The minimum Gasteiger partial charge on any atom is -0.390 e. The van der Waals surface area contributed by atoms with Crippen LogP contribution < -0.4 is 0 Å². The molecule has 2 aliphatic rings. The molecule has 2 nitrogen and oxygen atoms in total. The summed E-state index contributed by atoms with van der Waals surface area (Å²) in [5.41, 5.74) is -0.306. The molecule has 0 amide bonds. The van der Waals surface area contributed by atoms with Gasteiger partial charge in [-0.25, -0.2) is 0 Å². The average Bonchev–Trinajstić information content (AvgIpc) is 2.24. The van der Waals surface area contributed by atoms with Gasteiger partial charge in [-0.1, -0.05) is 12.8 Å². The summed E-state index contributed by atoms with van der Waals surface area (Å²) in [6.07, 6.45) is 4.91. The van der Waals surface area contributed by atoms with Crippen molar-refractivity contribution in [3.63, 3.8) is 0 Å². The molecule has 0 aromatic heterocycles. The van der Waals surface area contributed by atoms with E-state index in [-0.39, 0.29) is 11.7 Å². The maximum absolute atomic E-state index is 9.93. The molecule has 1 aliphatic carbocycles. The molecule has 1 N–H and O–H groups in total. The maximum atomic E-state index is 9.93. The van der Waals surface area contributed by atoms with Crippen LogP contribution in [0, 0.1) is 5.92 Å². The molecule has 70 valence electrons. The van der Waals surface area contributed by atoms with Crippen molar-refractivity contribution in [3.8, 4) is 0 Å². The van der Waals surface area contributed by atoms with Gasteiger partial charge in [-0.2, -0.15) is 0 Å². The second kappa shape index (κ2) is 2.71. The number of fused-ring (bicyclic) bond motifs is 1. The highest BCUT2D eigenvalue weighted by atomic mass is 16.5. The van der Waals surface area contributed by atoms with Gasteiger partial charge >= 0.3 is 0 Å². The van der Waals surface area contributed by atoms with Crippen molar-refractivity contribution in [3.05, 3.63) is 0 Å². The van der Waals surface area contributed by atoms with Crippen LogP contribution >= 0.6 is 0 Å². The highest BCUT2D eigenvalue weighted by molar-refractivity contribution is 4.97. The van der Waals surface area contributed by atoms with E-state index >= 15 is 0 Å². The van der Waals surface area contributed by atoms with Crippen LogP contribution in [0.2, 0.25) is 0 Å². The lowest BCUT2D eigenvalue weighted by molar-refractivity contribution is -0.0583. The fourth-order valence-electron chi connectivity index (χ4n) is 2.61. The average molecular weight is 170 g/mol. The lowest BCUT2D eigenvalue weighted by Gasteiger charge is -2.25. The lowest BCUT2D eigenvalue weighted by atomic mass is 9.81. The third-order valence-electron chi connectivity index (χ3n) is 3.33. The first-order valence-electron chi connectivity index (χ1n) is 4.97. The van der Waals surface area contributed by atoms with Crippen LogP contribution in [0.4, 0.5) is 0 Å². The van der Waals surface area contributed by atoms with Gasteiger partial charge in [0, 0.05) is 5.92 Å². The number of aliphatic hydroxyl groups is 1. The van der Waals surface area contributed by atoms with Crippen molar-refractivity contribution >= 4 is 0 Å². The van der Waals surface area contributed by atoms with Crippen molar-refractivity contribution in [2.24, 2.45) is 5.92 Å². The van der Waals surface area contributed by atoms with E-state index in [1.54, 1.807) is 0 Å². The van der Waals surface area contributed by atoms with Crippen LogP contribution in [0.15, 0.2) is 0 Å². The smallest absolute Gasteiger partial charge is 0.0891 e. The summed E-state index contributed by atoms with van der Waals surface area (Å²) >= 11 is 0. The second-order valence-electron chi connectivity index (χ2n) is 4.65. The Hall–Kier alpha value is -0.0800. The van der Waals surface area contributed by atoms with E-state index in [1.165, 1.54) is 12.8 Å². The zero-order valence-corrected chi connectivity index (χ0v) is 7.92. The molecule has 2 fully saturated rings. The molecule has 1 heterocycles. The van der Waals surface area contributed by atoms with Gasteiger partial charge in [-0.05, 0) is 26.7 Å². The van der Waals surface area contributed by atoms with E-state index in [0.29, 0.717) is 12.0 Å². The van der Waals surface area contributed by atoms with Crippen LogP contribution in [-0.2, 0) is 4.74 Å². The van der Waals surface area contributed by atoms with E-state index in [4.69, 9.17) is 4.74 Å². The number of hydrogen-bond donors (Lipinski definition) is 1. The molecule has 2 heteroatoms. The molecule has 0 aromatic rings. The van der Waals surface area contributed by atoms with Crippen LogP contribution in [0.5, 0.6) is 0 Å². The van der Waals surface area contributed by atoms with Gasteiger partial charge in [0.25, 0.3) is 0 Å². The van der Waals surface area contributed by atoms with Gasteiger partial charge in [0.1, 0.15) is 0 Å². The fraction of sp³-hybridized carbons (Fsp3) is 1.00. The van der Waals surface area contributed by atoms with Gasteiger partial charge < -0.3 is 9.84 Å². The minimum atomic E-state index is -0.306. The lowest BCUT2D eigenvalue weighted by Crippen LogP contribution is -2.35. The topological polar surface area (TPSA) is 29.5 Å². The second-order valence-corrected chi connectivity index (χ2v) is 4.65. The minimum absolute atomic E-state index is 0.247. The summed E-state index contributed by atoms with van der Waals surface area (Å²) in [6.45, 7) is 3.99. The van der Waals surface area contributed by atoms with Gasteiger partial charge in [0.2, 0.25) is 0 Å². The fourth-order valence-corrected chi connectivity index (χ4v) is 2.61. The Morgan fingerprint density at radius 1 is 1.25 bits per heavy atom. The van der Waals surface area contributed by atoms with Crippen molar-refractivity contribution in [2.75, 3.05) is 0 Å². The van der Waals surface area contributed by atoms with E-state index < -0.39 is 0 Å². The molecule has 1 aliphatic heterocycles. The molecule has 0 spiro atoms. The van der Waals surface area contributed by atoms with Crippen LogP contribution in [0.3, 0.4) is 0 Å². The predicted molar refractivity (Wildman–Crippen MR) is 46.9 cm³/mol. The molecule has 12 heavy (non-hydrogen) atoms. The Kier molecular flexibility index (Phi) is 1.92. The molecule has 1 saturated heterocycles. The predicted octanol–water partition coefficient (Wildman–Crippen LogP) is 1.71. The SMILES string of the molecule is CC1(C)OC2CCCCC2C1O. The third kappa shape index (κ3) is 1.17. The highest BCUT2D eigenvalue weighted by Gasteiger charge is 2.48. The zero-order valence-electron chi connectivity index (χ0n) is 7.92. The standard InChI is InChI=1S/C10H18O2/c1-10(2)9(11)7-5-3-4-6-8(7)12-10/h7-9,11H,3-6H2,1-2H3. The molecule has 0 bridgehead atoms. The first kappa shape index (κ1) is 8.52. The Morgan fingerprint density at radius 3 is 2.58 bits per heavy atom. The number of ether oxygens (including phenoxy) is 1. The zero-order chi connectivity index (χ0) is 8.77. The number of aliphatic hydroxyl groups excluding tert-OH is 1. The molecular formula is C10H18O2. The molecule has 2 rings (SSSR count). The van der Waals surface area contributed by atoms with Gasteiger partial charge in [-0.3, -0.25) is 0 Å². The van der Waals surface area contributed by atoms with E-state index in [9.17, 15) is 5.11 Å². The Bertz CT molecular complexity index is 177. The molecule has 0 aromatic carbocycles. The summed E-state index contributed by atoms with van der Waals surface area (Å²) < 4.78 is 5.81. The Labute approximate surface area is 73.9 Å². The third-order valence-corrected chi connectivity index (χ3v) is 3.33. The first-order valence-corrected chi connectivity index (χ1v) is 4.97. The summed E-state index contributed by atoms with van der Waals surface area (Å²) in [5, 5.41) is 9.93. The summed E-state index contributed by atoms with van der Waals surface area (Å²) in [5.74, 6) is 0.411.